The van der Waals surface area contributed by atoms with Crippen molar-refractivity contribution in [2.45, 2.75) is 25.7 Å². The average Bonchev–Trinajstić information content (AvgIpc) is 2.87. The maximum atomic E-state index is 11.6. The van der Waals surface area contributed by atoms with Crippen molar-refractivity contribution in [1.82, 2.24) is 10.3 Å². The van der Waals surface area contributed by atoms with Crippen LogP contribution in [0, 0.1) is 0 Å². The van der Waals surface area contributed by atoms with Crippen LogP contribution in [0.2, 0.25) is 0 Å². The molecule has 0 saturated carbocycles. The zero-order chi connectivity index (χ0) is 14.2. The van der Waals surface area contributed by atoms with E-state index in [4.69, 9.17) is 4.74 Å². The second-order valence-electron chi connectivity index (χ2n) is 4.91. The topological polar surface area (TPSA) is 54.1 Å². The fourth-order valence-corrected chi connectivity index (χ4v) is 2.31. The first-order valence-electron chi connectivity index (χ1n) is 7.12. The molecule has 2 aromatic rings. The van der Waals surface area contributed by atoms with Crippen LogP contribution in [-0.4, -0.2) is 31.2 Å². The molecule has 1 heterocycles. The number of aromatic amines is 1. The van der Waals surface area contributed by atoms with Crippen molar-refractivity contribution < 1.29 is 9.53 Å². The van der Waals surface area contributed by atoms with Crippen molar-refractivity contribution in [2.75, 3.05) is 20.3 Å². The van der Waals surface area contributed by atoms with Gasteiger partial charge in [0, 0.05) is 43.8 Å². The van der Waals surface area contributed by atoms with Gasteiger partial charge in [-0.15, -0.1) is 0 Å². The van der Waals surface area contributed by atoms with Crippen LogP contribution < -0.4 is 5.32 Å². The Balaban J connectivity index is 1.71. The van der Waals surface area contributed by atoms with Gasteiger partial charge in [0.1, 0.15) is 0 Å². The van der Waals surface area contributed by atoms with Crippen LogP contribution in [0.3, 0.4) is 0 Å². The highest BCUT2D eigenvalue weighted by molar-refractivity contribution is 5.83. The van der Waals surface area contributed by atoms with Crippen molar-refractivity contribution in [3.05, 3.63) is 36.0 Å². The fraction of sp³-hybridized carbons (Fsp3) is 0.438. The lowest BCUT2D eigenvalue weighted by atomic mass is 10.1. The van der Waals surface area contributed by atoms with Gasteiger partial charge in [-0.1, -0.05) is 18.2 Å². The first-order chi connectivity index (χ1) is 9.81. The summed E-state index contributed by atoms with van der Waals surface area (Å²) in [6.07, 6.45) is 5.28. The molecule has 0 spiro atoms. The first kappa shape index (κ1) is 14.6. The molecular weight excluding hydrogens is 252 g/mol. The van der Waals surface area contributed by atoms with Gasteiger partial charge in [-0.25, -0.2) is 0 Å². The normalized spacial score (nSPS) is 10.8. The van der Waals surface area contributed by atoms with Gasteiger partial charge in [-0.2, -0.15) is 0 Å². The van der Waals surface area contributed by atoms with Gasteiger partial charge < -0.3 is 15.0 Å². The number of aromatic nitrogens is 1. The third-order valence-corrected chi connectivity index (χ3v) is 3.37. The molecule has 2 N–H and O–H groups in total. The molecule has 0 radical (unpaired) electrons. The molecule has 0 aliphatic heterocycles. The number of para-hydroxylation sites is 1. The molecular formula is C16H22N2O2. The summed E-state index contributed by atoms with van der Waals surface area (Å²) in [4.78, 5) is 14.9. The van der Waals surface area contributed by atoms with E-state index in [9.17, 15) is 4.79 Å². The molecule has 0 bridgehead atoms. The quantitative estimate of drug-likeness (QED) is 0.727. The minimum absolute atomic E-state index is 0.126. The molecule has 4 nitrogen and oxygen atoms in total. The number of aryl methyl sites for hydroxylation is 1. The second-order valence-corrected chi connectivity index (χ2v) is 4.91. The number of fused-ring (bicyclic) bond motifs is 1. The minimum Gasteiger partial charge on any atom is -0.385 e. The first-order valence-corrected chi connectivity index (χ1v) is 7.12. The van der Waals surface area contributed by atoms with Crippen LogP contribution in [0.25, 0.3) is 10.9 Å². The van der Waals surface area contributed by atoms with E-state index in [1.165, 1.54) is 10.9 Å². The summed E-state index contributed by atoms with van der Waals surface area (Å²) in [7, 11) is 1.67. The van der Waals surface area contributed by atoms with Gasteiger partial charge in [0.2, 0.25) is 5.91 Å². The molecule has 0 aliphatic carbocycles. The van der Waals surface area contributed by atoms with Crippen molar-refractivity contribution in [3.8, 4) is 0 Å². The Morgan fingerprint density at radius 1 is 1.30 bits per heavy atom. The van der Waals surface area contributed by atoms with Crippen molar-refractivity contribution in [2.24, 2.45) is 0 Å². The van der Waals surface area contributed by atoms with Crippen LogP contribution >= 0.6 is 0 Å². The Labute approximate surface area is 119 Å². The second kappa shape index (κ2) is 7.70. The van der Waals surface area contributed by atoms with Crippen molar-refractivity contribution >= 4 is 16.8 Å². The molecule has 0 fully saturated rings. The molecule has 108 valence electrons. The number of amides is 1. The standard InChI is InChI=1S/C16H22N2O2/c1-20-11-5-10-17-16(19)9-4-6-13-12-18-15-8-3-2-7-14(13)15/h2-3,7-8,12,18H,4-6,9-11H2,1H3,(H,17,19). The largest absolute Gasteiger partial charge is 0.385 e. The number of hydrogen-bond acceptors (Lipinski definition) is 2. The smallest absolute Gasteiger partial charge is 0.220 e. The number of H-pyrrole nitrogens is 1. The lowest BCUT2D eigenvalue weighted by Gasteiger charge is -2.04. The average molecular weight is 274 g/mol. The van der Waals surface area contributed by atoms with Crippen LogP contribution in [-0.2, 0) is 16.0 Å². The third kappa shape index (κ3) is 4.10. The zero-order valence-corrected chi connectivity index (χ0v) is 11.9. The number of ether oxygens (including phenoxy) is 1. The molecule has 1 amide bonds. The van der Waals surface area contributed by atoms with E-state index in [-0.39, 0.29) is 5.91 Å². The van der Waals surface area contributed by atoms with Gasteiger partial charge in [-0.3, -0.25) is 4.79 Å². The maximum Gasteiger partial charge on any atom is 0.220 e. The Morgan fingerprint density at radius 2 is 2.15 bits per heavy atom. The molecule has 4 heteroatoms. The van der Waals surface area contributed by atoms with E-state index < -0.39 is 0 Å². The number of carbonyl (C=O) groups excluding carboxylic acids is 1. The highest BCUT2D eigenvalue weighted by Gasteiger charge is 2.05. The summed E-state index contributed by atoms with van der Waals surface area (Å²) in [5.41, 5.74) is 2.44. The molecule has 0 aliphatic rings. The Bertz CT molecular complexity index is 548. The molecule has 0 saturated heterocycles. The Kier molecular flexibility index (Phi) is 5.62. The number of rotatable bonds is 8. The van der Waals surface area contributed by atoms with Gasteiger partial charge in [0.05, 0.1) is 0 Å². The lowest BCUT2D eigenvalue weighted by Crippen LogP contribution is -2.24. The summed E-state index contributed by atoms with van der Waals surface area (Å²) in [6.45, 7) is 1.38. The highest BCUT2D eigenvalue weighted by Crippen LogP contribution is 2.19. The zero-order valence-electron chi connectivity index (χ0n) is 11.9. The maximum absolute atomic E-state index is 11.6. The van der Waals surface area contributed by atoms with Gasteiger partial charge in [0.25, 0.3) is 0 Å². The molecule has 1 aromatic heterocycles. The van der Waals surface area contributed by atoms with Gasteiger partial charge >= 0.3 is 0 Å². The molecule has 20 heavy (non-hydrogen) atoms. The van der Waals surface area contributed by atoms with E-state index in [0.717, 1.165) is 24.8 Å². The molecule has 0 atom stereocenters. The van der Waals surface area contributed by atoms with Gasteiger partial charge in [0.15, 0.2) is 0 Å². The SMILES string of the molecule is COCCCNC(=O)CCCc1c[nH]c2ccccc12. The van der Waals surface area contributed by atoms with E-state index in [1.54, 1.807) is 7.11 Å². The number of nitrogens with one attached hydrogen (secondary N) is 2. The van der Waals surface area contributed by atoms with E-state index in [0.29, 0.717) is 19.6 Å². The number of hydrogen-bond donors (Lipinski definition) is 2. The molecule has 1 aromatic carbocycles. The number of carbonyl (C=O) groups is 1. The Morgan fingerprint density at radius 3 is 3.00 bits per heavy atom. The van der Waals surface area contributed by atoms with Crippen molar-refractivity contribution in [1.29, 1.82) is 0 Å². The summed E-state index contributed by atoms with van der Waals surface area (Å²) >= 11 is 0. The fourth-order valence-electron chi connectivity index (χ4n) is 2.31. The summed E-state index contributed by atoms with van der Waals surface area (Å²) < 4.78 is 4.94. The van der Waals surface area contributed by atoms with E-state index in [2.05, 4.69) is 22.4 Å². The Hall–Kier alpha value is -1.81. The van der Waals surface area contributed by atoms with Crippen LogP contribution in [0.15, 0.2) is 30.5 Å². The highest BCUT2D eigenvalue weighted by atomic mass is 16.5. The van der Waals surface area contributed by atoms with Crippen LogP contribution in [0.4, 0.5) is 0 Å². The monoisotopic (exact) mass is 274 g/mol. The summed E-state index contributed by atoms with van der Waals surface area (Å²) in [6, 6.07) is 8.26. The number of methoxy groups -OCH3 is 1. The lowest BCUT2D eigenvalue weighted by molar-refractivity contribution is -0.121. The summed E-state index contributed by atoms with van der Waals surface area (Å²) in [5.74, 6) is 0.126. The van der Waals surface area contributed by atoms with Crippen molar-refractivity contribution in [3.63, 3.8) is 0 Å². The van der Waals surface area contributed by atoms with E-state index >= 15 is 0 Å². The summed E-state index contributed by atoms with van der Waals surface area (Å²) in [5, 5.41) is 4.17. The van der Waals surface area contributed by atoms with Gasteiger partial charge in [-0.05, 0) is 30.9 Å². The third-order valence-electron chi connectivity index (χ3n) is 3.37. The van der Waals surface area contributed by atoms with Crippen LogP contribution in [0.5, 0.6) is 0 Å². The molecule has 0 unspecified atom stereocenters. The molecule has 2 rings (SSSR count). The number of benzene rings is 1. The predicted molar refractivity (Wildman–Crippen MR) is 80.7 cm³/mol. The minimum atomic E-state index is 0.126. The van der Waals surface area contributed by atoms with E-state index in [1.807, 2.05) is 18.3 Å². The predicted octanol–water partition coefficient (Wildman–Crippen LogP) is 2.64. The van der Waals surface area contributed by atoms with Crippen LogP contribution in [0.1, 0.15) is 24.8 Å².